The van der Waals surface area contributed by atoms with Gasteiger partial charge in [-0.25, -0.2) is 14.6 Å². The number of hydrogen-bond donors (Lipinski definition) is 0. The predicted octanol–water partition coefficient (Wildman–Crippen LogP) is 4.65. The van der Waals surface area contributed by atoms with Gasteiger partial charge >= 0.3 is 11.9 Å². The van der Waals surface area contributed by atoms with Gasteiger partial charge in [-0.1, -0.05) is 35.1 Å². The van der Waals surface area contributed by atoms with Crippen LogP contribution >= 0.6 is 22.9 Å². The van der Waals surface area contributed by atoms with Crippen molar-refractivity contribution in [3.05, 3.63) is 119 Å². The van der Waals surface area contributed by atoms with Crippen LogP contribution in [0.5, 0.6) is 0 Å². The molecule has 41 heavy (non-hydrogen) atoms. The van der Waals surface area contributed by atoms with Gasteiger partial charge in [0.05, 0.1) is 41.1 Å². The molecular formula is C31H28ClN3O5S. The molecule has 2 aromatic heterocycles. The number of rotatable bonds is 6. The first-order valence-corrected chi connectivity index (χ1v) is 14.2. The molecule has 8 nitrogen and oxygen atoms in total. The molecule has 4 aromatic rings. The van der Waals surface area contributed by atoms with Crippen molar-refractivity contribution < 1.29 is 19.1 Å². The number of nitrogens with zero attached hydrogens (tertiary/aromatic N) is 3. The number of carbonyl (C=O) groups is 2. The van der Waals surface area contributed by atoms with Crippen LogP contribution in [0.4, 0.5) is 0 Å². The quantitative estimate of drug-likeness (QED) is 0.305. The van der Waals surface area contributed by atoms with E-state index in [2.05, 4.69) is 9.56 Å². The third kappa shape index (κ3) is 5.18. The molecule has 0 amide bonds. The van der Waals surface area contributed by atoms with E-state index in [-0.39, 0.29) is 12.2 Å². The standard InChI is InChI=1S/C31H28ClN3O5S/c1-6-40-30(38)26-18(3)33-31-35(27(26)20-7-11-23(32)12-8-20)28(36)25(41-31)16-22-15-17(2)34(19(22)4)24-13-9-21(10-14-24)29(37)39-5/h7-16,27H,6H2,1-5H3/b25-16+/t27-/m0/s1. The van der Waals surface area contributed by atoms with E-state index in [9.17, 15) is 14.4 Å². The Labute approximate surface area is 245 Å². The van der Waals surface area contributed by atoms with Crippen LogP contribution in [0.15, 0.2) is 75.7 Å². The number of thiazole rings is 1. The van der Waals surface area contributed by atoms with E-state index in [1.807, 2.05) is 38.1 Å². The van der Waals surface area contributed by atoms with E-state index in [0.717, 1.165) is 28.2 Å². The molecule has 1 aliphatic rings. The zero-order valence-electron chi connectivity index (χ0n) is 23.2. The minimum Gasteiger partial charge on any atom is -0.465 e. The predicted molar refractivity (Wildman–Crippen MR) is 158 cm³/mol. The molecule has 0 spiro atoms. The first-order chi connectivity index (χ1) is 19.6. The van der Waals surface area contributed by atoms with E-state index in [1.165, 1.54) is 18.4 Å². The van der Waals surface area contributed by atoms with E-state index in [1.54, 1.807) is 54.8 Å². The number of esters is 2. The number of halogens is 1. The molecule has 1 aliphatic heterocycles. The van der Waals surface area contributed by atoms with Gasteiger partial charge in [-0.2, -0.15) is 0 Å². The summed E-state index contributed by atoms with van der Waals surface area (Å²) in [5.41, 5.74) is 5.41. The third-order valence-corrected chi connectivity index (χ3v) is 8.24. The molecule has 1 atom stereocenters. The van der Waals surface area contributed by atoms with Crippen molar-refractivity contribution in [1.29, 1.82) is 0 Å². The number of methoxy groups -OCH3 is 1. The molecule has 0 unspecified atom stereocenters. The van der Waals surface area contributed by atoms with Gasteiger partial charge in [-0.3, -0.25) is 9.36 Å². The smallest absolute Gasteiger partial charge is 0.338 e. The number of aromatic nitrogens is 2. The SMILES string of the molecule is CCOC(=O)C1=C(C)N=c2s/c(=C/c3cc(C)n(-c4ccc(C(=O)OC)cc4)c3C)c(=O)n2[C@H]1c1ccc(Cl)cc1. The van der Waals surface area contributed by atoms with Crippen molar-refractivity contribution in [3.8, 4) is 5.69 Å². The van der Waals surface area contributed by atoms with Crippen LogP contribution in [0.25, 0.3) is 11.8 Å². The van der Waals surface area contributed by atoms with E-state index in [4.69, 9.17) is 21.1 Å². The van der Waals surface area contributed by atoms with Crippen LogP contribution in [0.3, 0.4) is 0 Å². The average Bonchev–Trinajstić information content (AvgIpc) is 3.41. The lowest BCUT2D eigenvalue weighted by Crippen LogP contribution is -2.39. The summed E-state index contributed by atoms with van der Waals surface area (Å²) in [6.07, 6.45) is 1.85. The fourth-order valence-electron chi connectivity index (χ4n) is 5.09. The molecule has 5 rings (SSSR count). The Hall–Kier alpha value is -4.21. The summed E-state index contributed by atoms with van der Waals surface area (Å²) in [6, 6.07) is 15.5. The first-order valence-electron chi connectivity index (χ1n) is 13.0. The number of carbonyl (C=O) groups excluding carboxylic acids is 2. The van der Waals surface area contributed by atoms with Gasteiger partial charge in [-0.05, 0) is 87.4 Å². The number of ether oxygens (including phenoxy) is 2. The molecule has 3 heterocycles. The first kappa shape index (κ1) is 28.3. The van der Waals surface area contributed by atoms with Crippen molar-refractivity contribution in [2.75, 3.05) is 13.7 Å². The van der Waals surface area contributed by atoms with Crippen LogP contribution in [0.1, 0.15) is 52.8 Å². The Bertz CT molecular complexity index is 1880. The topological polar surface area (TPSA) is 91.9 Å². The molecule has 0 aliphatic carbocycles. The van der Waals surface area contributed by atoms with Gasteiger partial charge in [-0.15, -0.1) is 0 Å². The second-order valence-electron chi connectivity index (χ2n) is 9.55. The van der Waals surface area contributed by atoms with Gasteiger partial charge < -0.3 is 14.0 Å². The molecule has 0 saturated carbocycles. The van der Waals surface area contributed by atoms with Crippen molar-refractivity contribution in [2.45, 2.75) is 33.7 Å². The Morgan fingerprint density at radius 1 is 1.05 bits per heavy atom. The lowest BCUT2D eigenvalue weighted by molar-refractivity contribution is -0.139. The third-order valence-electron chi connectivity index (χ3n) is 7.01. The number of aryl methyl sites for hydroxylation is 1. The van der Waals surface area contributed by atoms with Gasteiger partial charge in [0.2, 0.25) is 0 Å². The summed E-state index contributed by atoms with van der Waals surface area (Å²) < 4.78 is 14.3. The fraction of sp³-hybridized carbons (Fsp3) is 0.226. The second-order valence-corrected chi connectivity index (χ2v) is 11.0. The Balaban J connectivity index is 1.64. The maximum absolute atomic E-state index is 13.9. The zero-order chi connectivity index (χ0) is 29.4. The number of hydrogen-bond acceptors (Lipinski definition) is 7. The Morgan fingerprint density at radius 2 is 1.73 bits per heavy atom. The average molecular weight is 590 g/mol. The normalized spacial score (nSPS) is 15.0. The minimum atomic E-state index is -0.703. The monoisotopic (exact) mass is 589 g/mol. The molecular weight excluding hydrogens is 562 g/mol. The lowest BCUT2D eigenvalue weighted by atomic mass is 9.96. The summed E-state index contributed by atoms with van der Waals surface area (Å²) in [4.78, 5) is 44.0. The molecule has 0 saturated heterocycles. The van der Waals surface area contributed by atoms with Crippen molar-refractivity contribution >= 4 is 41.0 Å². The Morgan fingerprint density at radius 3 is 2.37 bits per heavy atom. The van der Waals surface area contributed by atoms with E-state index < -0.39 is 18.0 Å². The fourth-order valence-corrected chi connectivity index (χ4v) is 6.25. The van der Waals surface area contributed by atoms with Crippen LogP contribution in [0, 0.1) is 13.8 Å². The van der Waals surface area contributed by atoms with Crippen LogP contribution in [0.2, 0.25) is 5.02 Å². The highest BCUT2D eigenvalue weighted by Crippen LogP contribution is 2.31. The van der Waals surface area contributed by atoms with Gasteiger partial charge in [0.1, 0.15) is 0 Å². The molecule has 0 radical (unpaired) electrons. The summed E-state index contributed by atoms with van der Waals surface area (Å²) in [6.45, 7) is 7.66. The second kappa shape index (κ2) is 11.3. The van der Waals surface area contributed by atoms with Gasteiger partial charge in [0.15, 0.2) is 4.80 Å². The van der Waals surface area contributed by atoms with Crippen LogP contribution in [-0.2, 0) is 14.3 Å². The van der Waals surface area contributed by atoms with Gasteiger partial charge in [0.25, 0.3) is 5.56 Å². The molecule has 10 heteroatoms. The van der Waals surface area contributed by atoms with Crippen molar-refractivity contribution in [2.24, 2.45) is 4.99 Å². The summed E-state index contributed by atoms with van der Waals surface area (Å²) in [5.74, 6) is -0.906. The highest BCUT2D eigenvalue weighted by molar-refractivity contribution is 7.07. The maximum Gasteiger partial charge on any atom is 0.338 e. The number of fused-ring (bicyclic) bond motifs is 1. The minimum absolute atomic E-state index is 0.203. The van der Waals surface area contributed by atoms with Crippen molar-refractivity contribution in [1.82, 2.24) is 9.13 Å². The largest absolute Gasteiger partial charge is 0.465 e. The summed E-state index contributed by atoms with van der Waals surface area (Å²) >= 11 is 7.41. The molecule has 0 fully saturated rings. The summed E-state index contributed by atoms with van der Waals surface area (Å²) in [5, 5.41) is 0.551. The van der Waals surface area contributed by atoms with Crippen LogP contribution < -0.4 is 14.9 Å². The van der Waals surface area contributed by atoms with Crippen LogP contribution in [-0.4, -0.2) is 34.8 Å². The number of allylic oxidation sites excluding steroid dienone is 1. The maximum atomic E-state index is 13.9. The molecule has 210 valence electrons. The Kier molecular flexibility index (Phi) is 7.84. The highest BCUT2D eigenvalue weighted by atomic mass is 35.5. The highest BCUT2D eigenvalue weighted by Gasteiger charge is 2.33. The zero-order valence-corrected chi connectivity index (χ0v) is 24.8. The summed E-state index contributed by atoms with van der Waals surface area (Å²) in [7, 11) is 1.35. The molecule has 0 N–H and O–H groups in total. The van der Waals surface area contributed by atoms with E-state index in [0.29, 0.717) is 31.2 Å². The number of benzene rings is 2. The lowest BCUT2D eigenvalue weighted by Gasteiger charge is -2.24. The van der Waals surface area contributed by atoms with Gasteiger partial charge in [0, 0.05) is 22.1 Å². The van der Waals surface area contributed by atoms with Crippen molar-refractivity contribution in [3.63, 3.8) is 0 Å². The van der Waals surface area contributed by atoms with E-state index >= 15 is 0 Å². The molecule has 0 bridgehead atoms. The molecule has 2 aromatic carbocycles.